The smallest absolute Gasteiger partial charge is 0.166 e. The van der Waals surface area contributed by atoms with Gasteiger partial charge in [-0.25, -0.2) is 14.4 Å². The highest BCUT2D eigenvalue weighted by Crippen LogP contribution is 2.32. The van der Waals surface area contributed by atoms with Crippen LogP contribution < -0.4 is 5.73 Å². The maximum atomic E-state index is 13.9. The number of rotatable bonds is 1. The first-order chi connectivity index (χ1) is 9.47. The van der Waals surface area contributed by atoms with E-state index in [1.807, 2.05) is 0 Å². The van der Waals surface area contributed by atoms with Gasteiger partial charge in [-0.2, -0.15) is 5.10 Å². The van der Waals surface area contributed by atoms with Gasteiger partial charge in [-0.15, -0.1) is 0 Å². The summed E-state index contributed by atoms with van der Waals surface area (Å²) in [6.45, 7) is 0. The molecule has 0 radical (unpaired) electrons. The van der Waals surface area contributed by atoms with Crippen molar-refractivity contribution in [3.05, 3.63) is 29.2 Å². The van der Waals surface area contributed by atoms with Crippen LogP contribution in [0.15, 0.2) is 18.3 Å². The molecule has 2 aromatic heterocycles. The van der Waals surface area contributed by atoms with Crippen molar-refractivity contribution < 1.29 is 9.50 Å². The lowest BCUT2D eigenvalue weighted by Crippen LogP contribution is -2.00. The van der Waals surface area contributed by atoms with E-state index < -0.39 is 5.82 Å². The fourth-order valence-corrected chi connectivity index (χ4v) is 2.04. The number of phenolic OH excluding ortho intramolecular Hbond substituents is 1. The molecule has 2 heterocycles. The number of nitrogen functional groups attached to an aromatic ring is 1. The zero-order valence-corrected chi connectivity index (χ0v) is 11.1. The number of aromatic nitrogens is 4. The zero-order valence-electron chi connectivity index (χ0n) is 10.3. The maximum absolute atomic E-state index is 13.9. The van der Waals surface area contributed by atoms with E-state index in [1.165, 1.54) is 16.9 Å². The lowest BCUT2D eigenvalue weighted by molar-refractivity contribution is 0.469. The molecule has 0 bridgehead atoms. The molecule has 102 valence electrons. The standard InChI is InChI=1S/C12H9ClFN5O/c1-19-12-6(4-16-19)10(15)17-11(18-12)5-2-7(13)9(20)3-8(5)14/h2-4,20H,1H3,(H2,15,17,18). The van der Waals surface area contributed by atoms with Gasteiger partial charge in [0.15, 0.2) is 11.5 Å². The minimum Gasteiger partial charge on any atom is -0.506 e. The number of fused-ring (bicyclic) bond motifs is 1. The van der Waals surface area contributed by atoms with Gasteiger partial charge in [0.1, 0.15) is 17.4 Å². The molecular weight excluding hydrogens is 285 g/mol. The average molecular weight is 294 g/mol. The second kappa shape index (κ2) is 4.31. The third kappa shape index (κ3) is 1.83. The summed E-state index contributed by atoms with van der Waals surface area (Å²) in [6, 6.07) is 2.16. The Kier molecular flexibility index (Phi) is 2.72. The van der Waals surface area contributed by atoms with Crippen molar-refractivity contribution in [1.29, 1.82) is 0 Å². The number of halogens is 2. The fourth-order valence-electron chi connectivity index (χ4n) is 1.87. The van der Waals surface area contributed by atoms with E-state index in [-0.39, 0.29) is 28.0 Å². The van der Waals surface area contributed by atoms with Crippen molar-refractivity contribution in [3.8, 4) is 17.1 Å². The summed E-state index contributed by atoms with van der Waals surface area (Å²) in [7, 11) is 1.69. The van der Waals surface area contributed by atoms with E-state index >= 15 is 0 Å². The number of nitrogens with two attached hydrogens (primary N) is 1. The second-order valence-corrected chi connectivity index (χ2v) is 4.63. The van der Waals surface area contributed by atoms with Crippen LogP contribution in [0.4, 0.5) is 10.2 Å². The topological polar surface area (TPSA) is 89.9 Å². The Morgan fingerprint density at radius 1 is 1.35 bits per heavy atom. The number of aromatic hydroxyl groups is 1. The van der Waals surface area contributed by atoms with Gasteiger partial charge in [0.05, 0.1) is 22.2 Å². The minimum absolute atomic E-state index is 0.00803. The largest absolute Gasteiger partial charge is 0.506 e. The summed E-state index contributed by atoms with van der Waals surface area (Å²) in [4.78, 5) is 8.28. The number of hydrogen-bond donors (Lipinski definition) is 2. The minimum atomic E-state index is -0.687. The lowest BCUT2D eigenvalue weighted by atomic mass is 10.2. The number of anilines is 1. The van der Waals surface area contributed by atoms with Crippen LogP contribution in [-0.4, -0.2) is 24.9 Å². The SMILES string of the molecule is Cn1ncc2c(N)nc(-c3cc(Cl)c(O)cc3F)nc21. The summed E-state index contributed by atoms with van der Waals surface area (Å²) in [6.07, 6.45) is 1.54. The molecule has 0 fully saturated rings. The van der Waals surface area contributed by atoms with Crippen LogP contribution in [0.5, 0.6) is 5.75 Å². The Balaban J connectivity index is 2.29. The van der Waals surface area contributed by atoms with Crippen LogP contribution >= 0.6 is 11.6 Å². The summed E-state index contributed by atoms with van der Waals surface area (Å²) in [5.41, 5.74) is 6.36. The van der Waals surface area contributed by atoms with Crippen molar-refractivity contribution in [2.45, 2.75) is 0 Å². The summed E-state index contributed by atoms with van der Waals surface area (Å²) in [5.74, 6) is -0.755. The van der Waals surface area contributed by atoms with Crippen molar-refractivity contribution in [1.82, 2.24) is 19.7 Å². The Bertz CT molecular complexity index is 832. The molecule has 0 aliphatic heterocycles. The molecule has 0 unspecified atom stereocenters. The zero-order chi connectivity index (χ0) is 14.4. The molecule has 0 amide bonds. The third-order valence-corrected chi connectivity index (χ3v) is 3.20. The first kappa shape index (κ1) is 12.6. The van der Waals surface area contributed by atoms with Crippen LogP contribution in [0.25, 0.3) is 22.4 Å². The van der Waals surface area contributed by atoms with Crippen molar-refractivity contribution in [2.75, 3.05) is 5.73 Å². The van der Waals surface area contributed by atoms with Crippen LogP contribution in [-0.2, 0) is 7.05 Å². The predicted molar refractivity (Wildman–Crippen MR) is 72.8 cm³/mol. The monoisotopic (exact) mass is 293 g/mol. The second-order valence-electron chi connectivity index (χ2n) is 4.22. The predicted octanol–water partition coefficient (Wildman–Crippen LogP) is 2.11. The quantitative estimate of drug-likeness (QED) is 0.717. The number of benzene rings is 1. The van der Waals surface area contributed by atoms with Crippen LogP contribution in [0.3, 0.4) is 0 Å². The first-order valence-corrected chi connectivity index (χ1v) is 5.99. The molecule has 0 saturated carbocycles. The first-order valence-electron chi connectivity index (χ1n) is 5.61. The summed E-state index contributed by atoms with van der Waals surface area (Å²) in [5, 5.41) is 14.0. The molecule has 0 saturated heterocycles. The van der Waals surface area contributed by atoms with Crippen molar-refractivity contribution in [2.24, 2.45) is 7.05 Å². The van der Waals surface area contributed by atoms with Crippen LogP contribution in [0.1, 0.15) is 0 Å². The van der Waals surface area contributed by atoms with E-state index in [0.717, 1.165) is 6.07 Å². The van der Waals surface area contributed by atoms with Gasteiger partial charge >= 0.3 is 0 Å². The van der Waals surface area contributed by atoms with Gasteiger partial charge in [0, 0.05) is 13.1 Å². The van der Waals surface area contributed by atoms with Crippen LogP contribution in [0.2, 0.25) is 5.02 Å². The fraction of sp³-hybridized carbons (Fsp3) is 0.0833. The highest BCUT2D eigenvalue weighted by atomic mass is 35.5. The molecule has 8 heteroatoms. The van der Waals surface area contributed by atoms with Gasteiger partial charge in [0.25, 0.3) is 0 Å². The molecule has 0 aliphatic rings. The van der Waals surface area contributed by atoms with Crippen molar-refractivity contribution >= 4 is 28.5 Å². The highest BCUT2D eigenvalue weighted by molar-refractivity contribution is 6.32. The number of hydrogen-bond acceptors (Lipinski definition) is 5. The van der Waals surface area contributed by atoms with Crippen LogP contribution in [0, 0.1) is 5.82 Å². The molecule has 1 aromatic carbocycles. The van der Waals surface area contributed by atoms with Gasteiger partial charge in [0.2, 0.25) is 0 Å². The molecule has 0 aliphatic carbocycles. The number of aryl methyl sites for hydroxylation is 1. The molecular formula is C12H9ClFN5O. The Morgan fingerprint density at radius 3 is 2.85 bits per heavy atom. The Hall–Kier alpha value is -2.41. The molecule has 0 spiro atoms. The summed E-state index contributed by atoms with van der Waals surface area (Å²) < 4.78 is 15.4. The molecule has 20 heavy (non-hydrogen) atoms. The molecule has 0 atom stereocenters. The van der Waals surface area contributed by atoms with E-state index in [4.69, 9.17) is 17.3 Å². The van der Waals surface area contributed by atoms with E-state index in [0.29, 0.717) is 11.0 Å². The molecule has 3 aromatic rings. The highest BCUT2D eigenvalue weighted by Gasteiger charge is 2.16. The van der Waals surface area contributed by atoms with Gasteiger partial charge in [-0.3, -0.25) is 4.68 Å². The summed E-state index contributed by atoms with van der Waals surface area (Å²) >= 11 is 5.78. The van der Waals surface area contributed by atoms with Gasteiger partial charge in [-0.05, 0) is 6.07 Å². The third-order valence-electron chi connectivity index (χ3n) is 2.90. The average Bonchev–Trinajstić information content (AvgIpc) is 2.76. The van der Waals surface area contributed by atoms with Gasteiger partial charge in [-0.1, -0.05) is 11.6 Å². The Labute approximate surface area is 117 Å². The normalized spacial score (nSPS) is 11.2. The number of nitrogens with zero attached hydrogens (tertiary/aromatic N) is 4. The Morgan fingerprint density at radius 2 is 2.10 bits per heavy atom. The molecule has 3 rings (SSSR count). The molecule has 6 nitrogen and oxygen atoms in total. The van der Waals surface area contributed by atoms with E-state index in [2.05, 4.69) is 15.1 Å². The molecule has 3 N–H and O–H groups in total. The van der Waals surface area contributed by atoms with E-state index in [9.17, 15) is 9.50 Å². The lowest BCUT2D eigenvalue weighted by Gasteiger charge is -2.06. The van der Waals surface area contributed by atoms with Crippen molar-refractivity contribution in [3.63, 3.8) is 0 Å². The number of phenols is 1. The van der Waals surface area contributed by atoms with E-state index in [1.54, 1.807) is 7.05 Å². The van der Waals surface area contributed by atoms with Gasteiger partial charge < -0.3 is 10.8 Å². The maximum Gasteiger partial charge on any atom is 0.166 e.